The zero-order valence-corrected chi connectivity index (χ0v) is 16.1. The van der Waals surface area contributed by atoms with Gasteiger partial charge in [-0.05, 0) is 31.0 Å². The number of guanidine groups is 1. The summed E-state index contributed by atoms with van der Waals surface area (Å²) in [6.07, 6.45) is 1.95. The molecule has 2 N–H and O–H groups in total. The number of benzene rings is 1. The normalized spacial score (nSPS) is 12.5. The van der Waals surface area contributed by atoms with Crippen molar-refractivity contribution >= 4 is 27.6 Å². The van der Waals surface area contributed by atoms with Gasteiger partial charge in [0.2, 0.25) is 10.0 Å². The average Bonchev–Trinajstić information content (AvgIpc) is 2.51. The summed E-state index contributed by atoms with van der Waals surface area (Å²) >= 11 is 5.97. The van der Waals surface area contributed by atoms with E-state index < -0.39 is 10.0 Å². The number of sulfonamides is 1. The zero-order valence-electron chi connectivity index (χ0n) is 14.5. The molecule has 0 aliphatic carbocycles. The second-order valence-electron chi connectivity index (χ2n) is 5.36. The van der Waals surface area contributed by atoms with E-state index in [2.05, 4.69) is 15.6 Å². The molecular formula is C16H27ClN4O2S. The Morgan fingerprint density at radius 1 is 1.29 bits per heavy atom. The molecule has 0 aliphatic rings. The highest BCUT2D eigenvalue weighted by atomic mass is 35.5. The molecule has 0 saturated carbocycles. The summed E-state index contributed by atoms with van der Waals surface area (Å²) < 4.78 is 24.5. The first-order valence-corrected chi connectivity index (χ1v) is 10.3. The van der Waals surface area contributed by atoms with Gasteiger partial charge in [0.25, 0.3) is 0 Å². The highest BCUT2D eigenvalue weighted by Crippen LogP contribution is 2.11. The van der Waals surface area contributed by atoms with Gasteiger partial charge >= 0.3 is 0 Å². The lowest BCUT2D eigenvalue weighted by Gasteiger charge is -2.18. The van der Waals surface area contributed by atoms with E-state index in [0.717, 1.165) is 12.1 Å². The molecule has 0 amide bonds. The quantitative estimate of drug-likeness (QED) is 0.394. The molecule has 136 valence electrons. The third-order valence-corrected chi connectivity index (χ3v) is 4.97. The lowest BCUT2D eigenvalue weighted by Crippen LogP contribution is -2.39. The molecule has 0 fully saturated rings. The molecular weight excluding hydrogens is 348 g/mol. The van der Waals surface area contributed by atoms with E-state index in [1.54, 1.807) is 0 Å². The fourth-order valence-corrected chi connectivity index (χ4v) is 3.31. The summed E-state index contributed by atoms with van der Waals surface area (Å²) in [5, 5.41) is 7.09. The molecule has 1 aromatic carbocycles. The van der Waals surface area contributed by atoms with Crippen molar-refractivity contribution in [1.82, 2.24) is 14.9 Å². The van der Waals surface area contributed by atoms with E-state index in [1.165, 1.54) is 10.6 Å². The first kappa shape index (κ1) is 20.7. The van der Waals surface area contributed by atoms with Crippen molar-refractivity contribution in [2.75, 3.05) is 32.4 Å². The average molecular weight is 375 g/mol. The molecule has 1 aromatic rings. The standard InChI is InChI=1S/C16H27ClN4O2S/c1-4-18-16(20-13-14-8-6-9-15(17)12-14)19-10-7-11-21(5-2)24(3,22)23/h6,8-9,12H,4-5,7,10-11,13H2,1-3H3,(H2,18,19,20). The third-order valence-electron chi connectivity index (χ3n) is 3.35. The van der Waals surface area contributed by atoms with Crippen LogP contribution in [0.25, 0.3) is 0 Å². The fraction of sp³-hybridized carbons (Fsp3) is 0.562. The summed E-state index contributed by atoms with van der Waals surface area (Å²) in [7, 11) is -3.13. The lowest BCUT2D eigenvalue weighted by atomic mass is 10.2. The number of aliphatic imine (C=N–C) groups is 1. The van der Waals surface area contributed by atoms with Crippen molar-refractivity contribution in [3.63, 3.8) is 0 Å². The van der Waals surface area contributed by atoms with Gasteiger partial charge in [0.05, 0.1) is 12.8 Å². The Balaban J connectivity index is 2.49. The highest BCUT2D eigenvalue weighted by molar-refractivity contribution is 7.88. The van der Waals surface area contributed by atoms with Crippen molar-refractivity contribution in [1.29, 1.82) is 0 Å². The highest BCUT2D eigenvalue weighted by Gasteiger charge is 2.13. The minimum absolute atomic E-state index is 0.488. The smallest absolute Gasteiger partial charge is 0.211 e. The number of nitrogens with zero attached hydrogens (tertiary/aromatic N) is 2. The van der Waals surface area contributed by atoms with E-state index in [9.17, 15) is 8.42 Å². The van der Waals surface area contributed by atoms with Gasteiger partial charge in [0.15, 0.2) is 5.96 Å². The van der Waals surface area contributed by atoms with Crippen LogP contribution in [0.3, 0.4) is 0 Å². The summed E-state index contributed by atoms with van der Waals surface area (Å²) in [4.78, 5) is 4.51. The molecule has 0 spiro atoms. The van der Waals surface area contributed by atoms with Gasteiger partial charge in [0.1, 0.15) is 0 Å². The van der Waals surface area contributed by atoms with Gasteiger partial charge in [-0.25, -0.2) is 17.7 Å². The fourth-order valence-electron chi connectivity index (χ4n) is 2.17. The van der Waals surface area contributed by atoms with Crippen LogP contribution in [0.2, 0.25) is 5.02 Å². The van der Waals surface area contributed by atoms with Gasteiger partial charge in [0, 0.05) is 31.2 Å². The minimum atomic E-state index is -3.13. The predicted octanol–water partition coefficient (Wildman–Crippen LogP) is 2.07. The Kier molecular flexibility index (Phi) is 9.10. The van der Waals surface area contributed by atoms with Crippen LogP contribution in [0.1, 0.15) is 25.8 Å². The van der Waals surface area contributed by atoms with E-state index in [-0.39, 0.29) is 0 Å². The van der Waals surface area contributed by atoms with Gasteiger partial charge in [-0.15, -0.1) is 0 Å². The Labute approximate surface area is 150 Å². The lowest BCUT2D eigenvalue weighted by molar-refractivity contribution is 0.424. The van der Waals surface area contributed by atoms with Crippen molar-refractivity contribution in [2.45, 2.75) is 26.8 Å². The van der Waals surface area contributed by atoms with Crippen LogP contribution < -0.4 is 10.6 Å². The van der Waals surface area contributed by atoms with Crippen LogP contribution in [0.15, 0.2) is 29.3 Å². The number of rotatable bonds is 9. The van der Waals surface area contributed by atoms with Gasteiger partial charge < -0.3 is 10.6 Å². The maximum atomic E-state index is 11.5. The van der Waals surface area contributed by atoms with Crippen molar-refractivity contribution < 1.29 is 8.42 Å². The van der Waals surface area contributed by atoms with Crippen LogP contribution in [0, 0.1) is 0 Å². The second-order valence-corrected chi connectivity index (χ2v) is 7.78. The van der Waals surface area contributed by atoms with Crippen LogP contribution in [0.4, 0.5) is 0 Å². The maximum absolute atomic E-state index is 11.5. The largest absolute Gasteiger partial charge is 0.357 e. The zero-order chi connectivity index (χ0) is 18.0. The molecule has 6 nitrogen and oxygen atoms in total. The topological polar surface area (TPSA) is 73.8 Å². The summed E-state index contributed by atoms with van der Waals surface area (Å²) in [6.45, 7) is 6.75. The Morgan fingerprint density at radius 3 is 2.62 bits per heavy atom. The molecule has 0 aromatic heterocycles. The molecule has 24 heavy (non-hydrogen) atoms. The van der Waals surface area contributed by atoms with Gasteiger partial charge in [-0.1, -0.05) is 30.7 Å². The monoisotopic (exact) mass is 374 g/mol. The Hall–Kier alpha value is -1.31. The number of hydrogen-bond acceptors (Lipinski definition) is 3. The third kappa shape index (κ3) is 7.99. The first-order chi connectivity index (χ1) is 11.4. The van der Waals surface area contributed by atoms with Crippen LogP contribution >= 0.6 is 11.6 Å². The molecule has 0 bridgehead atoms. The van der Waals surface area contributed by atoms with Crippen LogP contribution in [-0.2, 0) is 16.6 Å². The first-order valence-electron chi connectivity index (χ1n) is 8.08. The minimum Gasteiger partial charge on any atom is -0.357 e. The van der Waals surface area contributed by atoms with Crippen LogP contribution in [-0.4, -0.2) is 51.1 Å². The van der Waals surface area contributed by atoms with E-state index in [4.69, 9.17) is 11.6 Å². The molecule has 1 rings (SSSR count). The molecule has 8 heteroatoms. The molecule has 0 heterocycles. The van der Waals surface area contributed by atoms with E-state index in [0.29, 0.717) is 43.6 Å². The predicted molar refractivity (Wildman–Crippen MR) is 101 cm³/mol. The van der Waals surface area contributed by atoms with Gasteiger partial charge in [-0.3, -0.25) is 0 Å². The maximum Gasteiger partial charge on any atom is 0.211 e. The molecule has 0 unspecified atom stereocenters. The molecule has 0 aliphatic heterocycles. The Morgan fingerprint density at radius 2 is 2.04 bits per heavy atom. The van der Waals surface area contributed by atoms with Gasteiger partial charge in [-0.2, -0.15) is 0 Å². The van der Waals surface area contributed by atoms with Crippen molar-refractivity contribution in [2.24, 2.45) is 4.99 Å². The van der Waals surface area contributed by atoms with E-state index in [1.807, 2.05) is 38.1 Å². The van der Waals surface area contributed by atoms with Crippen LogP contribution in [0.5, 0.6) is 0 Å². The SMILES string of the molecule is CCNC(=NCc1cccc(Cl)c1)NCCCN(CC)S(C)(=O)=O. The summed E-state index contributed by atoms with van der Waals surface area (Å²) in [6, 6.07) is 7.60. The summed E-state index contributed by atoms with van der Waals surface area (Å²) in [5.74, 6) is 0.708. The second kappa shape index (κ2) is 10.5. The molecule has 0 atom stereocenters. The molecule has 0 saturated heterocycles. The van der Waals surface area contributed by atoms with Crippen molar-refractivity contribution in [3.05, 3.63) is 34.9 Å². The van der Waals surface area contributed by atoms with E-state index >= 15 is 0 Å². The van der Waals surface area contributed by atoms with Crippen molar-refractivity contribution in [3.8, 4) is 0 Å². The number of hydrogen-bond donors (Lipinski definition) is 2. The number of nitrogens with one attached hydrogen (secondary N) is 2. The molecule has 0 radical (unpaired) electrons. The Bertz CT molecular complexity index is 635. The summed E-state index contributed by atoms with van der Waals surface area (Å²) in [5.41, 5.74) is 1.04. The number of halogens is 1.